The molecule has 1 unspecified atom stereocenters. The van der Waals surface area contributed by atoms with Gasteiger partial charge in [0.15, 0.2) is 5.67 Å². The first-order valence-electron chi connectivity index (χ1n) is 7.48. The number of carbonyl (C=O) groups excluding carboxylic acids is 1. The summed E-state index contributed by atoms with van der Waals surface area (Å²) >= 11 is 0. The lowest BCUT2D eigenvalue weighted by molar-refractivity contribution is -0.137. The van der Waals surface area contributed by atoms with E-state index in [0.717, 1.165) is 0 Å². The van der Waals surface area contributed by atoms with Gasteiger partial charge in [0.25, 0.3) is 0 Å². The first kappa shape index (κ1) is 14.7. The van der Waals surface area contributed by atoms with E-state index in [1.807, 2.05) is 6.92 Å². The van der Waals surface area contributed by atoms with Gasteiger partial charge in [0.1, 0.15) is 6.04 Å². The molecule has 1 amide bonds. The van der Waals surface area contributed by atoms with E-state index in [2.05, 4.69) is 10.1 Å². The highest BCUT2D eigenvalue weighted by Crippen LogP contribution is 2.36. The summed E-state index contributed by atoms with van der Waals surface area (Å²) in [7, 11) is 0. The minimum absolute atomic E-state index is 0.0215. The Balaban J connectivity index is 1.65. The molecule has 2 aromatic heterocycles. The molecule has 116 valence electrons. The van der Waals surface area contributed by atoms with E-state index in [4.69, 9.17) is 0 Å². The van der Waals surface area contributed by atoms with E-state index in [9.17, 15) is 9.18 Å². The first-order valence-corrected chi connectivity index (χ1v) is 7.48. The van der Waals surface area contributed by atoms with Gasteiger partial charge in [0.2, 0.25) is 5.91 Å². The van der Waals surface area contributed by atoms with Crippen molar-refractivity contribution in [3.63, 3.8) is 0 Å². The van der Waals surface area contributed by atoms with Crippen LogP contribution in [0.3, 0.4) is 0 Å². The van der Waals surface area contributed by atoms with Crippen LogP contribution in [-0.2, 0) is 10.5 Å². The average molecular weight is 302 g/mol. The predicted octanol–water partition coefficient (Wildman–Crippen LogP) is 2.33. The Kier molecular flexibility index (Phi) is 3.92. The molecule has 0 saturated carbocycles. The fourth-order valence-corrected chi connectivity index (χ4v) is 2.85. The number of rotatable bonds is 3. The Morgan fingerprint density at radius 1 is 1.27 bits per heavy atom. The third kappa shape index (κ3) is 2.73. The van der Waals surface area contributed by atoms with E-state index in [1.54, 1.807) is 52.4 Å². The van der Waals surface area contributed by atoms with Crippen LogP contribution in [0.15, 0.2) is 42.9 Å². The zero-order valence-corrected chi connectivity index (χ0v) is 12.5. The smallest absolute Gasteiger partial charge is 0.247 e. The van der Waals surface area contributed by atoms with Crippen molar-refractivity contribution in [2.24, 2.45) is 0 Å². The molecule has 5 nitrogen and oxygen atoms in total. The molecular formula is C16H19FN4O. The molecule has 22 heavy (non-hydrogen) atoms. The molecule has 6 heteroatoms. The number of piperidine rings is 1. The number of hydrogen-bond donors (Lipinski definition) is 0. The normalized spacial score (nSPS) is 18.9. The molecule has 1 aliphatic rings. The van der Waals surface area contributed by atoms with Crippen molar-refractivity contribution in [3.8, 4) is 0 Å². The number of alkyl halides is 1. The van der Waals surface area contributed by atoms with Gasteiger partial charge in [0.05, 0.1) is 5.69 Å². The number of carbonyl (C=O) groups is 1. The number of hydrogen-bond acceptors (Lipinski definition) is 3. The SMILES string of the molecule is CC(C(=O)N1CCC(F)(c2ccccn2)CC1)n1cccn1. The van der Waals surface area contributed by atoms with Crippen molar-refractivity contribution in [2.75, 3.05) is 13.1 Å². The van der Waals surface area contributed by atoms with Crippen molar-refractivity contribution in [3.05, 3.63) is 48.5 Å². The molecular weight excluding hydrogens is 283 g/mol. The van der Waals surface area contributed by atoms with Crippen molar-refractivity contribution in [1.82, 2.24) is 19.7 Å². The van der Waals surface area contributed by atoms with Gasteiger partial charge in [-0.05, 0) is 25.1 Å². The lowest BCUT2D eigenvalue weighted by atomic mass is 9.89. The van der Waals surface area contributed by atoms with Crippen LogP contribution in [0, 0.1) is 0 Å². The third-order valence-corrected chi connectivity index (χ3v) is 4.27. The van der Waals surface area contributed by atoms with Gasteiger partial charge in [0, 0.05) is 44.5 Å². The van der Waals surface area contributed by atoms with Crippen molar-refractivity contribution < 1.29 is 9.18 Å². The number of aromatic nitrogens is 3. The van der Waals surface area contributed by atoms with E-state index < -0.39 is 5.67 Å². The molecule has 1 saturated heterocycles. The Morgan fingerprint density at radius 3 is 2.64 bits per heavy atom. The second kappa shape index (κ2) is 5.87. The molecule has 0 aliphatic carbocycles. The number of amides is 1. The molecule has 0 radical (unpaired) electrons. The summed E-state index contributed by atoms with van der Waals surface area (Å²) in [6.45, 7) is 2.61. The summed E-state index contributed by atoms with van der Waals surface area (Å²) in [6.07, 6.45) is 5.57. The lowest BCUT2D eigenvalue weighted by Crippen LogP contribution is -2.45. The number of likely N-dealkylation sites (tertiary alicyclic amines) is 1. The Bertz CT molecular complexity index is 621. The van der Waals surface area contributed by atoms with Gasteiger partial charge < -0.3 is 4.90 Å². The molecule has 1 fully saturated rings. The van der Waals surface area contributed by atoms with Crippen LogP contribution in [0.1, 0.15) is 31.5 Å². The maximum atomic E-state index is 15.0. The molecule has 2 aromatic rings. The number of nitrogens with zero attached hydrogens (tertiary/aromatic N) is 4. The quantitative estimate of drug-likeness (QED) is 0.874. The maximum absolute atomic E-state index is 15.0. The van der Waals surface area contributed by atoms with Crippen molar-refractivity contribution >= 4 is 5.91 Å². The molecule has 3 heterocycles. The highest BCUT2D eigenvalue weighted by molar-refractivity contribution is 5.80. The Labute approximate surface area is 128 Å². The van der Waals surface area contributed by atoms with E-state index in [0.29, 0.717) is 18.8 Å². The van der Waals surface area contributed by atoms with E-state index in [-0.39, 0.29) is 24.8 Å². The maximum Gasteiger partial charge on any atom is 0.247 e. The molecule has 0 bridgehead atoms. The first-order chi connectivity index (χ1) is 10.6. The second-order valence-corrected chi connectivity index (χ2v) is 5.67. The molecule has 0 aromatic carbocycles. The second-order valence-electron chi connectivity index (χ2n) is 5.67. The van der Waals surface area contributed by atoms with E-state index in [1.165, 1.54) is 0 Å². The molecule has 1 atom stereocenters. The minimum atomic E-state index is -1.44. The Hall–Kier alpha value is -2.24. The zero-order valence-electron chi connectivity index (χ0n) is 12.5. The summed E-state index contributed by atoms with van der Waals surface area (Å²) in [4.78, 5) is 18.3. The van der Waals surface area contributed by atoms with Crippen LogP contribution in [-0.4, -0.2) is 38.7 Å². The van der Waals surface area contributed by atoms with Crippen molar-refractivity contribution in [1.29, 1.82) is 0 Å². The van der Waals surface area contributed by atoms with Gasteiger partial charge in [-0.15, -0.1) is 0 Å². The van der Waals surface area contributed by atoms with Gasteiger partial charge >= 0.3 is 0 Å². The summed E-state index contributed by atoms with van der Waals surface area (Å²) in [5, 5.41) is 4.09. The minimum Gasteiger partial charge on any atom is -0.341 e. The standard InChI is InChI=1S/C16H19FN4O/c1-13(21-10-4-9-19-21)15(22)20-11-6-16(17,7-12-20)14-5-2-3-8-18-14/h2-5,8-10,13H,6-7,11-12H2,1H3. The van der Waals surface area contributed by atoms with E-state index >= 15 is 0 Å². The van der Waals surface area contributed by atoms with Crippen LogP contribution in [0.25, 0.3) is 0 Å². The lowest BCUT2D eigenvalue weighted by Gasteiger charge is -2.37. The van der Waals surface area contributed by atoms with Gasteiger partial charge in [-0.25, -0.2) is 4.39 Å². The van der Waals surface area contributed by atoms with Gasteiger partial charge in [-0.2, -0.15) is 5.10 Å². The fraction of sp³-hybridized carbons (Fsp3) is 0.438. The summed E-state index contributed by atoms with van der Waals surface area (Å²) < 4.78 is 16.6. The highest BCUT2D eigenvalue weighted by atomic mass is 19.1. The molecule has 1 aliphatic heterocycles. The molecule has 3 rings (SSSR count). The van der Waals surface area contributed by atoms with Crippen LogP contribution < -0.4 is 0 Å². The topological polar surface area (TPSA) is 51.0 Å². The number of halogens is 1. The average Bonchev–Trinajstić information content (AvgIpc) is 3.09. The van der Waals surface area contributed by atoms with Crippen LogP contribution in [0.2, 0.25) is 0 Å². The summed E-state index contributed by atoms with van der Waals surface area (Å²) in [5.41, 5.74) is -0.977. The van der Waals surface area contributed by atoms with Crippen LogP contribution in [0.5, 0.6) is 0 Å². The fourth-order valence-electron chi connectivity index (χ4n) is 2.85. The predicted molar refractivity (Wildman–Crippen MR) is 79.8 cm³/mol. The monoisotopic (exact) mass is 302 g/mol. The van der Waals surface area contributed by atoms with Gasteiger partial charge in [-0.3, -0.25) is 14.5 Å². The van der Waals surface area contributed by atoms with Gasteiger partial charge in [-0.1, -0.05) is 6.07 Å². The molecule has 0 N–H and O–H groups in total. The Morgan fingerprint density at radius 2 is 2.05 bits per heavy atom. The largest absolute Gasteiger partial charge is 0.341 e. The molecule has 0 spiro atoms. The summed E-state index contributed by atoms with van der Waals surface area (Å²) in [5.74, 6) is -0.0215. The van der Waals surface area contributed by atoms with Crippen LogP contribution in [0.4, 0.5) is 4.39 Å². The third-order valence-electron chi connectivity index (χ3n) is 4.27. The van der Waals surface area contributed by atoms with Crippen molar-refractivity contribution in [2.45, 2.75) is 31.5 Å². The highest BCUT2D eigenvalue weighted by Gasteiger charge is 2.39. The van der Waals surface area contributed by atoms with Crippen LogP contribution >= 0.6 is 0 Å². The summed E-state index contributed by atoms with van der Waals surface area (Å²) in [6, 6.07) is 6.70. The zero-order chi connectivity index (χ0) is 15.6. The number of pyridine rings is 1.